The van der Waals surface area contributed by atoms with Gasteiger partial charge in [-0.05, 0) is 57.4 Å². The van der Waals surface area contributed by atoms with Crippen LogP contribution in [0.4, 0.5) is 0 Å². The lowest BCUT2D eigenvalue weighted by molar-refractivity contribution is 0.0719. The molecule has 1 rings (SSSR count). The van der Waals surface area contributed by atoms with Gasteiger partial charge in [-0.15, -0.1) is 0 Å². The van der Waals surface area contributed by atoms with Crippen LogP contribution < -0.4 is 5.32 Å². The average molecular weight is 197 g/mol. The highest BCUT2D eigenvalue weighted by molar-refractivity contribution is 4.89. The first-order chi connectivity index (χ1) is 6.18. The minimum absolute atomic E-state index is 0.285. The maximum atomic E-state index is 3.60. The van der Waals surface area contributed by atoms with Gasteiger partial charge in [0.05, 0.1) is 0 Å². The lowest BCUT2D eigenvalue weighted by atomic mass is 9.63. The molecule has 1 N–H and O–H groups in total. The van der Waals surface area contributed by atoms with Crippen LogP contribution in [0.25, 0.3) is 0 Å². The molecular formula is C13H27N. The molecule has 1 nitrogen and oxygen atoms in total. The predicted molar refractivity (Wildman–Crippen MR) is 63.4 cm³/mol. The Morgan fingerprint density at radius 1 is 1.00 bits per heavy atom. The van der Waals surface area contributed by atoms with Crippen molar-refractivity contribution < 1.29 is 0 Å². The van der Waals surface area contributed by atoms with Crippen molar-refractivity contribution in [3.05, 3.63) is 0 Å². The Kier molecular flexibility index (Phi) is 3.30. The molecule has 1 fully saturated rings. The van der Waals surface area contributed by atoms with E-state index >= 15 is 0 Å². The van der Waals surface area contributed by atoms with Gasteiger partial charge < -0.3 is 5.32 Å². The Bertz CT molecular complexity index is 174. The van der Waals surface area contributed by atoms with Crippen molar-refractivity contribution in [1.29, 1.82) is 0 Å². The van der Waals surface area contributed by atoms with Crippen LogP contribution in [0.3, 0.4) is 0 Å². The van der Waals surface area contributed by atoms with Crippen LogP contribution in [-0.4, -0.2) is 12.1 Å². The first kappa shape index (κ1) is 12.0. The highest BCUT2D eigenvalue weighted by Gasteiger charge is 2.36. The largest absolute Gasteiger partial charge is 0.312 e. The first-order valence-electron chi connectivity index (χ1n) is 5.93. The third kappa shape index (κ3) is 3.61. The monoisotopic (exact) mass is 197 g/mol. The SMILES string of the molecule is CC(C)(C)NCC1CC(C(C)(C)C)C1. The van der Waals surface area contributed by atoms with E-state index in [1.165, 1.54) is 19.4 Å². The number of hydrogen-bond donors (Lipinski definition) is 1. The van der Waals surface area contributed by atoms with Gasteiger partial charge in [0.1, 0.15) is 0 Å². The Morgan fingerprint density at radius 3 is 1.86 bits per heavy atom. The van der Waals surface area contributed by atoms with Crippen molar-refractivity contribution in [3.8, 4) is 0 Å². The smallest absolute Gasteiger partial charge is 0.00966 e. The van der Waals surface area contributed by atoms with Gasteiger partial charge in [0.25, 0.3) is 0 Å². The van der Waals surface area contributed by atoms with Crippen LogP contribution in [0.5, 0.6) is 0 Å². The molecule has 0 aliphatic heterocycles. The molecule has 0 unspecified atom stereocenters. The molecule has 1 saturated carbocycles. The summed E-state index contributed by atoms with van der Waals surface area (Å²) in [6.07, 6.45) is 2.85. The van der Waals surface area contributed by atoms with Crippen molar-refractivity contribution in [1.82, 2.24) is 5.32 Å². The number of nitrogens with one attached hydrogen (secondary N) is 1. The summed E-state index contributed by atoms with van der Waals surface area (Å²) in [7, 11) is 0. The summed E-state index contributed by atoms with van der Waals surface area (Å²) in [6.45, 7) is 15.0. The van der Waals surface area contributed by atoms with Crippen molar-refractivity contribution >= 4 is 0 Å². The molecule has 0 atom stereocenters. The number of rotatable bonds is 2. The second-order valence-electron chi connectivity index (χ2n) is 7.03. The Balaban J connectivity index is 2.17. The second-order valence-corrected chi connectivity index (χ2v) is 7.03. The van der Waals surface area contributed by atoms with Crippen LogP contribution in [-0.2, 0) is 0 Å². The molecule has 0 amide bonds. The van der Waals surface area contributed by atoms with E-state index in [1.807, 2.05) is 0 Å². The van der Waals surface area contributed by atoms with Crippen LogP contribution in [0.15, 0.2) is 0 Å². The lowest BCUT2D eigenvalue weighted by Crippen LogP contribution is -2.44. The molecule has 0 radical (unpaired) electrons. The summed E-state index contributed by atoms with van der Waals surface area (Å²) < 4.78 is 0. The highest BCUT2D eigenvalue weighted by Crippen LogP contribution is 2.44. The molecule has 0 aromatic heterocycles. The summed E-state index contributed by atoms with van der Waals surface area (Å²) in [5.41, 5.74) is 0.811. The highest BCUT2D eigenvalue weighted by atomic mass is 14.9. The predicted octanol–water partition coefficient (Wildman–Crippen LogP) is 3.45. The zero-order chi connectivity index (χ0) is 11.0. The first-order valence-corrected chi connectivity index (χ1v) is 5.93. The van der Waals surface area contributed by atoms with Crippen LogP contribution in [0.1, 0.15) is 54.4 Å². The summed E-state index contributed by atoms with van der Waals surface area (Å²) >= 11 is 0. The third-order valence-corrected chi connectivity index (χ3v) is 3.38. The van der Waals surface area contributed by atoms with Gasteiger partial charge in [-0.2, -0.15) is 0 Å². The Labute approximate surface area is 89.7 Å². The second kappa shape index (κ2) is 3.84. The molecular weight excluding hydrogens is 170 g/mol. The standard InChI is InChI=1S/C13H27N/c1-12(2,3)11-7-10(8-11)9-14-13(4,5)6/h10-11,14H,7-9H2,1-6H3. The maximum Gasteiger partial charge on any atom is 0.00966 e. The molecule has 1 aliphatic carbocycles. The van der Waals surface area contributed by atoms with E-state index in [2.05, 4.69) is 46.9 Å². The van der Waals surface area contributed by atoms with Gasteiger partial charge in [-0.1, -0.05) is 20.8 Å². The van der Waals surface area contributed by atoms with Gasteiger partial charge in [-0.3, -0.25) is 0 Å². The van der Waals surface area contributed by atoms with Crippen LogP contribution in [0.2, 0.25) is 0 Å². The van der Waals surface area contributed by atoms with E-state index in [0.29, 0.717) is 5.41 Å². The van der Waals surface area contributed by atoms with E-state index in [-0.39, 0.29) is 5.54 Å². The van der Waals surface area contributed by atoms with Gasteiger partial charge in [0.2, 0.25) is 0 Å². The van der Waals surface area contributed by atoms with Gasteiger partial charge in [0.15, 0.2) is 0 Å². The minimum Gasteiger partial charge on any atom is -0.312 e. The van der Waals surface area contributed by atoms with E-state index in [1.54, 1.807) is 0 Å². The molecule has 0 aromatic carbocycles. The van der Waals surface area contributed by atoms with Crippen molar-refractivity contribution in [2.75, 3.05) is 6.54 Å². The molecule has 0 bridgehead atoms. The van der Waals surface area contributed by atoms with Gasteiger partial charge in [-0.25, -0.2) is 0 Å². The molecule has 84 valence electrons. The molecule has 1 aliphatic rings. The lowest BCUT2D eigenvalue weighted by Gasteiger charge is -2.44. The van der Waals surface area contributed by atoms with Crippen molar-refractivity contribution in [2.24, 2.45) is 17.3 Å². The van der Waals surface area contributed by atoms with Gasteiger partial charge >= 0.3 is 0 Å². The van der Waals surface area contributed by atoms with E-state index in [9.17, 15) is 0 Å². The molecule has 14 heavy (non-hydrogen) atoms. The quantitative estimate of drug-likeness (QED) is 0.715. The zero-order valence-corrected chi connectivity index (χ0v) is 10.8. The Morgan fingerprint density at radius 2 is 1.50 bits per heavy atom. The van der Waals surface area contributed by atoms with E-state index < -0.39 is 0 Å². The summed E-state index contributed by atoms with van der Waals surface area (Å²) in [5, 5.41) is 3.60. The van der Waals surface area contributed by atoms with Crippen molar-refractivity contribution in [2.45, 2.75) is 59.9 Å². The number of hydrogen-bond acceptors (Lipinski definition) is 1. The minimum atomic E-state index is 0.285. The van der Waals surface area contributed by atoms with Crippen molar-refractivity contribution in [3.63, 3.8) is 0 Å². The maximum absolute atomic E-state index is 3.60. The topological polar surface area (TPSA) is 12.0 Å². The summed E-state index contributed by atoms with van der Waals surface area (Å²) in [5.74, 6) is 1.88. The van der Waals surface area contributed by atoms with E-state index in [4.69, 9.17) is 0 Å². The van der Waals surface area contributed by atoms with Crippen LogP contribution >= 0.6 is 0 Å². The molecule has 0 aromatic rings. The Hall–Kier alpha value is -0.0400. The third-order valence-electron chi connectivity index (χ3n) is 3.38. The molecule has 1 heteroatoms. The van der Waals surface area contributed by atoms with Gasteiger partial charge in [0, 0.05) is 5.54 Å². The zero-order valence-electron chi connectivity index (χ0n) is 10.8. The molecule has 0 heterocycles. The summed E-state index contributed by atoms with van der Waals surface area (Å²) in [6, 6.07) is 0. The average Bonchev–Trinajstić information content (AvgIpc) is 1.76. The summed E-state index contributed by atoms with van der Waals surface area (Å²) in [4.78, 5) is 0. The van der Waals surface area contributed by atoms with Crippen LogP contribution in [0, 0.1) is 17.3 Å². The molecule has 0 spiro atoms. The normalized spacial score (nSPS) is 28.7. The fraction of sp³-hybridized carbons (Fsp3) is 1.00. The fourth-order valence-electron chi connectivity index (χ4n) is 2.06. The fourth-order valence-corrected chi connectivity index (χ4v) is 2.06. The molecule has 0 saturated heterocycles. The van der Waals surface area contributed by atoms with E-state index in [0.717, 1.165) is 11.8 Å².